The van der Waals surface area contributed by atoms with E-state index in [1.54, 1.807) is 30.9 Å². The Labute approximate surface area is 331 Å². The third-order valence-corrected chi connectivity index (χ3v) is 12.2. The molecule has 0 unspecified atom stereocenters. The standard InChI is InChI=1S/C44H73N3O8/c1-14-30(8)41(46(11)43(51)34(27(2)3)25-37(49)40(28(4)5)45(10)29(6)7)38(54-12)26-39(50)47-22-18-21-35(47)42(55-13)31(9)36(48)24-33(44(52)53)23-32-19-16-15-17-20-32/h15-17,19-20,27-31,33-35,38,40-42H,14,18,21-26H2,1-13H3,(H,52,53)/t30-,31-,33+,34-,35-,38+,40-,41-,42+/m0/s1. The van der Waals surface area contributed by atoms with Crippen LogP contribution in [0.25, 0.3) is 0 Å². The number of carbonyl (C=O) groups is 5. The minimum atomic E-state index is -1.02. The largest absolute Gasteiger partial charge is 0.481 e. The maximum absolute atomic E-state index is 14.4. The average molecular weight is 772 g/mol. The van der Waals surface area contributed by atoms with Gasteiger partial charge in [0.1, 0.15) is 5.78 Å². The first-order chi connectivity index (χ1) is 25.8. The maximum atomic E-state index is 14.4. The molecular formula is C44H73N3O8. The number of hydrogen-bond acceptors (Lipinski definition) is 8. The molecule has 11 nitrogen and oxygen atoms in total. The van der Waals surface area contributed by atoms with Gasteiger partial charge < -0.3 is 24.4 Å². The summed E-state index contributed by atoms with van der Waals surface area (Å²) in [4.78, 5) is 73.8. The number of carbonyl (C=O) groups excluding carboxylic acids is 4. The van der Waals surface area contributed by atoms with E-state index in [4.69, 9.17) is 9.47 Å². The highest BCUT2D eigenvalue weighted by atomic mass is 16.5. The number of carboxylic acid groups (broad SMARTS) is 1. The van der Waals surface area contributed by atoms with Gasteiger partial charge in [-0.2, -0.15) is 0 Å². The Morgan fingerprint density at radius 1 is 0.855 bits per heavy atom. The van der Waals surface area contributed by atoms with Crippen LogP contribution in [0.15, 0.2) is 30.3 Å². The highest BCUT2D eigenvalue weighted by Crippen LogP contribution is 2.32. The van der Waals surface area contributed by atoms with E-state index in [1.165, 1.54) is 7.11 Å². The number of hydrogen-bond donors (Lipinski definition) is 1. The van der Waals surface area contributed by atoms with Crippen molar-refractivity contribution >= 4 is 29.4 Å². The molecule has 0 bridgehead atoms. The molecular weight excluding hydrogens is 698 g/mol. The predicted molar refractivity (Wildman–Crippen MR) is 216 cm³/mol. The van der Waals surface area contributed by atoms with Crippen LogP contribution in [0.1, 0.15) is 106 Å². The normalized spacial score (nSPS) is 19.2. The van der Waals surface area contributed by atoms with Crippen LogP contribution in [-0.2, 0) is 39.9 Å². The highest BCUT2D eigenvalue weighted by molar-refractivity contribution is 5.90. The van der Waals surface area contributed by atoms with E-state index in [0.29, 0.717) is 13.0 Å². The Bertz CT molecular complexity index is 1380. The molecule has 0 aromatic heterocycles. The van der Waals surface area contributed by atoms with Crippen molar-refractivity contribution in [3.8, 4) is 0 Å². The molecule has 1 saturated heterocycles. The lowest BCUT2D eigenvalue weighted by molar-refractivity contribution is -0.149. The van der Waals surface area contributed by atoms with Crippen molar-refractivity contribution < 1.29 is 38.6 Å². The zero-order valence-corrected chi connectivity index (χ0v) is 36.1. The molecule has 1 N–H and O–H groups in total. The fraction of sp³-hybridized carbons (Fsp3) is 0.750. The second kappa shape index (κ2) is 22.6. The van der Waals surface area contributed by atoms with Gasteiger partial charge in [0.05, 0.1) is 42.7 Å². The number of likely N-dealkylation sites (N-methyl/N-ethyl adjacent to an activating group) is 2. The molecule has 1 aliphatic rings. The summed E-state index contributed by atoms with van der Waals surface area (Å²) in [7, 11) is 6.83. The van der Waals surface area contributed by atoms with E-state index in [2.05, 4.69) is 32.6 Å². The number of likely N-dealkylation sites (tertiary alicyclic amines) is 1. The molecule has 312 valence electrons. The van der Waals surface area contributed by atoms with Crippen molar-refractivity contribution in [2.75, 3.05) is 34.9 Å². The van der Waals surface area contributed by atoms with Gasteiger partial charge in [-0.25, -0.2) is 0 Å². The number of ether oxygens (including phenoxy) is 2. The van der Waals surface area contributed by atoms with Crippen LogP contribution < -0.4 is 0 Å². The Morgan fingerprint density at radius 2 is 1.47 bits per heavy atom. The number of ketones is 2. The van der Waals surface area contributed by atoms with E-state index in [9.17, 15) is 29.1 Å². The number of methoxy groups -OCH3 is 2. The lowest BCUT2D eigenvalue weighted by atomic mass is 9.83. The van der Waals surface area contributed by atoms with Gasteiger partial charge in [-0.3, -0.25) is 28.9 Å². The fourth-order valence-corrected chi connectivity index (χ4v) is 8.51. The fourth-order valence-electron chi connectivity index (χ4n) is 8.51. The predicted octanol–water partition coefficient (Wildman–Crippen LogP) is 6.41. The van der Waals surface area contributed by atoms with Crippen molar-refractivity contribution in [2.45, 2.75) is 144 Å². The summed E-state index contributed by atoms with van der Waals surface area (Å²) < 4.78 is 12.0. The van der Waals surface area contributed by atoms with Crippen LogP contribution in [0.5, 0.6) is 0 Å². The van der Waals surface area contributed by atoms with Gasteiger partial charge in [0, 0.05) is 58.5 Å². The van der Waals surface area contributed by atoms with Crippen LogP contribution in [0.3, 0.4) is 0 Å². The second-order valence-corrected chi connectivity index (χ2v) is 17.0. The summed E-state index contributed by atoms with van der Waals surface area (Å²) in [6, 6.07) is 8.35. The van der Waals surface area contributed by atoms with Gasteiger partial charge in [-0.1, -0.05) is 85.2 Å². The van der Waals surface area contributed by atoms with E-state index >= 15 is 0 Å². The summed E-state index contributed by atoms with van der Waals surface area (Å²) in [5, 5.41) is 9.96. The first kappa shape index (κ1) is 48.0. The van der Waals surface area contributed by atoms with E-state index < -0.39 is 42.0 Å². The summed E-state index contributed by atoms with van der Waals surface area (Å²) in [5.41, 5.74) is 0.851. The minimum absolute atomic E-state index is 0.0116. The van der Waals surface area contributed by atoms with Gasteiger partial charge in [0.2, 0.25) is 11.8 Å². The molecule has 2 amide bonds. The zero-order chi connectivity index (χ0) is 41.7. The van der Waals surface area contributed by atoms with Gasteiger partial charge in [0.25, 0.3) is 0 Å². The van der Waals surface area contributed by atoms with Crippen molar-refractivity contribution in [2.24, 2.45) is 35.5 Å². The molecule has 1 aromatic carbocycles. The second-order valence-electron chi connectivity index (χ2n) is 17.0. The third-order valence-electron chi connectivity index (χ3n) is 12.2. The van der Waals surface area contributed by atoms with Crippen LogP contribution in [0.4, 0.5) is 0 Å². The van der Waals surface area contributed by atoms with Gasteiger partial charge in [0.15, 0.2) is 5.78 Å². The molecule has 0 spiro atoms. The summed E-state index contributed by atoms with van der Waals surface area (Å²) in [6.45, 7) is 18.5. The van der Waals surface area contributed by atoms with Gasteiger partial charge in [-0.15, -0.1) is 0 Å². The molecule has 11 heteroatoms. The Morgan fingerprint density at radius 3 is 1.96 bits per heavy atom. The number of aliphatic carboxylic acids is 1. The zero-order valence-electron chi connectivity index (χ0n) is 36.1. The smallest absolute Gasteiger partial charge is 0.307 e. The van der Waals surface area contributed by atoms with Gasteiger partial charge >= 0.3 is 5.97 Å². The molecule has 1 aromatic rings. The number of nitrogens with zero attached hydrogens (tertiary/aromatic N) is 3. The first-order valence-corrected chi connectivity index (χ1v) is 20.5. The van der Waals surface area contributed by atoms with Crippen LogP contribution in [0.2, 0.25) is 0 Å². The Balaban J connectivity index is 2.29. The van der Waals surface area contributed by atoms with Crippen molar-refractivity contribution in [1.29, 1.82) is 0 Å². The SMILES string of the molecule is CC[C@H](C)[C@@H]([C@@H](CC(=O)N1CCC[C@H]1[C@H](OC)[C@@H](C)C(=O)C[C@@H](Cc1ccccc1)C(=O)O)OC)N(C)C(=O)[C@@H](CC(=O)[C@H](C(C)C)N(C)C(C)C)C(C)C. The summed E-state index contributed by atoms with van der Waals surface area (Å²) in [5.74, 6) is -3.50. The van der Waals surface area contributed by atoms with Crippen LogP contribution in [-0.4, -0.2) is 120 Å². The Kier molecular flexibility index (Phi) is 19.7. The average Bonchev–Trinajstić information content (AvgIpc) is 3.62. The summed E-state index contributed by atoms with van der Waals surface area (Å²) in [6.07, 6.45) is 1.16. The van der Waals surface area contributed by atoms with E-state index in [-0.39, 0.29) is 84.9 Å². The van der Waals surface area contributed by atoms with E-state index in [1.807, 2.05) is 65.1 Å². The molecule has 0 aliphatic carbocycles. The molecule has 0 radical (unpaired) electrons. The van der Waals surface area contributed by atoms with Crippen LogP contribution >= 0.6 is 0 Å². The number of rotatable bonds is 24. The lowest BCUT2D eigenvalue weighted by Gasteiger charge is -2.41. The molecule has 0 saturated carbocycles. The number of benzene rings is 1. The molecule has 2 rings (SSSR count). The van der Waals surface area contributed by atoms with E-state index in [0.717, 1.165) is 18.4 Å². The number of carboxylic acids is 1. The number of amides is 2. The molecule has 9 atom stereocenters. The third kappa shape index (κ3) is 12.9. The van der Waals surface area contributed by atoms with Crippen molar-refractivity contribution in [3.05, 3.63) is 35.9 Å². The molecule has 55 heavy (non-hydrogen) atoms. The monoisotopic (exact) mass is 772 g/mol. The molecule has 1 aliphatic heterocycles. The summed E-state index contributed by atoms with van der Waals surface area (Å²) >= 11 is 0. The lowest BCUT2D eigenvalue weighted by Crippen LogP contribution is -2.54. The maximum Gasteiger partial charge on any atom is 0.307 e. The number of Topliss-reactive ketones (excluding diaryl/α,β-unsaturated/α-hetero) is 2. The molecule has 1 heterocycles. The van der Waals surface area contributed by atoms with Crippen LogP contribution in [0, 0.1) is 35.5 Å². The molecule has 1 fully saturated rings. The minimum Gasteiger partial charge on any atom is -0.481 e. The first-order valence-electron chi connectivity index (χ1n) is 20.5. The van der Waals surface area contributed by atoms with Crippen molar-refractivity contribution in [3.63, 3.8) is 0 Å². The quantitative estimate of drug-likeness (QED) is 0.127. The van der Waals surface area contributed by atoms with Crippen molar-refractivity contribution in [1.82, 2.24) is 14.7 Å². The highest BCUT2D eigenvalue weighted by Gasteiger charge is 2.43. The topological polar surface area (TPSA) is 134 Å². The van der Waals surface area contributed by atoms with Gasteiger partial charge in [-0.05, 0) is 63.5 Å². The Hall–Kier alpha value is -3.15.